The molecule has 0 atom stereocenters. The molecule has 0 aliphatic heterocycles. The van der Waals surface area contributed by atoms with Gasteiger partial charge in [-0.1, -0.05) is 18.2 Å². The molecule has 0 unspecified atom stereocenters. The summed E-state index contributed by atoms with van der Waals surface area (Å²) in [6.45, 7) is 2.86. The number of alkyl halides is 3. The van der Waals surface area contributed by atoms with Crippen LogP contribution >= 0.6 is 0 Å². The highest BCUT2D eigenvalue weighted by molar-refractivity contribution is 5.90. The number of aryl methyl sites for hydroxylation is 2. The zero-order valence-corrected chi connectivity index (χ0v) is 11.2. The predicted molar refractivity (Wildman–Crippen MR) is 68.9 cm³/mol. The second-order valence-corrected chi connectivity index (χ2v) is 4.44. The van der Waals surface area contributed by atoms with E-state index in [-0.39, 0.29) is 28.3 Å². The summed E-state index contributed by atoms with van der Waals surface area (Å²) in [7, 11) is 0. The number of aromatic nitrogens is 2. The monoisotopic (exact) mass is 296 g/mol. The van der Waals surface area contributed by atoms with Crippen molar-refractivity contribution in [3.05, 3.63) is 46.8 Å². The highest BCUT2D eigenvalue weighted by atomic mass is 19.4. The number of carbonyl (C=O) groups is 1. The van der Waals surface area contributed by atoms with Gasteiger partial charge < -0.3 is 5.11 Å². The standard InChI is InChI=1S/C14H11F3N2O2/c1-7-11(13(20)21)8(2)19-12(18-7)9-5-3-4-6-10(9)14(15,16)17/h3-6H,1-2H3,(H,20,21). The van der Waals surface area contributed by atoms with Crippen LogP contribution in [0.3, 0.4) is 0 Å². The van der Waals surface area contributed by atoms with Gasteiger partial charge >= 0.3 is 12.1 Å². The molecule has 7 heteroatoms. The van der Waals surface area contributed by atoms with E-state index in [1.165, 1.54) is 32.0 Å². The van der Waals surface area contributed by atoms with E-state index in [0.717, 1.165) is 6.07 Å². The Kier molecular flexibility index (Phi) is 3.67. The first kappa shape index (κ1) is 15.0. The number of hydrogen-bond donors (Lipinski definition) is 1. The van der Waals surface area contributed by atoms with Crippen molar-refractivity contribution >= 4 is 5.97 Å². The lowest BCUT2D eigenvalue weighted by molar-refractivity contribution is -0.137. The van der Waals surface area contributed by atoms with Crippen molar-refractivity contribution < 1.29 is 23.1 Å². The van der Waals surface area contributed by atoms with Gasteiger partial charge in [0.15, 0.2) is 5.82 Å². The fraction of sp³-hybridized carbons (Fsp3) is 0.214. The number of carboxylic acids is 1. The van der Waals surface area contributed by atoms with Crippen LogP contribution < -0.4 is 0 Å². The first-order valence-electron chi connectivity index (χ1n) is 5.97. The van der Waals surface area contributed by atoms with Crippen LogP contribution in [0.4, 0.5) is 13.2 Å². The van der Waals surface area contributed by atoms with E-state index >= 15 is 0 Å². The van der Waals surface area contributed by atoms with E-state index in [9.17, 15) is 18.0 Å². The van der Waals surface area contributed by atoms with Gasteiger partial charge in [0.25, 0.3) is 0 Å². The molecule has 0 fully saturated rings. The van der Waals surface area contributed by atoms with Gasteiger partial charge in [-0.15, -0.1) is 0 Å². The summed E-state index contributed by atoms with van der Waals surface area (Å²) in [5.74, 6) is -1.34. The van der Waals surface area contributed by atoms with Gasteiger partial charge in [0.05, 0.1) is 17.0 Å². The minimum atomic E-state index is -4.53. The number of rotatable bonds is 2. The summed E-state index contributed by atoms with van der Waals surface area (Å²) in [5.41, 5.74) is -0.868. The highest BCUT2D eigenvalue weighted by Crippen LogP contribution is 2.36. The topological polar surface area (TPSA) is 63.1 Å². The molecule has 110 valence electrons. The molecule has 1 aromatic carbocycles. The second-order valence-electron chi connectivity index (χ2n) is 4.44. The van der Waals surface area contributed by atoms with Crippen LogP contribution in [0.2, 0.25) is 0 Å². The summed E-state index contributed by atoms with van der Waals surface area (Å²) >= 11 is 0. The molecule has 0 aliphatic carbocycles. The van der Waals surface area contributed by atoms with E-state index in [1.807, 2.05) is 0 Å². The van der Waals surface area contributed by atoms with E-state index < -0.39 is 17.7 Å². The Labute approximate surface area is 118 Å². The fourth-order valence-corrected chi connectivity index (χ4v) is 2.07. The first-order valence-corrected chi connectivity index (χ1v) is 5.97. The van der Waals surface area contributed by atoms with Crippen molar-refractivity contribution in [3.8, 4) is 11.4 Å². The zero-order valence-electron chi connectivity index (χ0n) is 11.2. The number of nitrogens with zero attached hydrogens (tertiary/aromatic N) is 2. The normalized spacial score (nSPS) is 11.5. The Balaban J connectivity index is 2.67. The molecule has 1 heterocycles. The van der Waals surface area contributed by atoms with Gasteiger partial charge in [-0.05, 0) is 19.9 Å². The lowest BCUT2D eigenvalue weighted by Gasteiger charge is -2.13. The Hall–Kier alpha value is -2.44. The van der Waals surface area contributed by atoms with Gasteiger partial charge in [0.2, 0.25) is 0 Å². The maximum absolute atomic E-state index is 13.0. The van der Waals surface area contributed by atoms with Crippen LogP contribution in [0.15, 0.2) is 24.3 Å². The van der Waals surface area contributed by atoms with Crippen LogP contribution in [-0.2, 0) is 6.18 Å². The minimum absolute atomic E-state index is 0.0942. The molecule has 0 radical (unpaired) electrons. The molecule has 0 saturated heterocycles. The number of benzene rings is 1. The minimum Gasteiger partial charge on any atom is -0.478 e. The molecule has 0 saturated carbocycles. The van der Waals surface area contributed by atoms with Crippen molar-refractivity contribution in [1.29, 1.82) is 0 Å². The van der Waals surface area contributed by atoms with Gasteiger partial charge in [0.1, 0.15) is 5.56 Å². The SMILES string of the molecule is Cc1nc(-c2ccccc2C(F)(F)F)nc(C)c1C(=O)O. The number of hydrogen-bond acceptors (Lipinski definition) is 3. The third-order valence-corrected chi connectivity index (χ3v) is 2.96. The lowest BCUT2D eigenvalue weighted by atomic mass is 10.1. The number of aromatic carboxylic acids is 1. The summed E-state index contributed by atoms with van der Waals surface area (Å²) in [6.07, 6.45) is -4.53. The third kappa shape index (κ3) is 2.86. The molecule has 0 aliphatic rings. The molecular formula is C14H11F3N2O2. The number of carboxylic acid groups (broad SMARTS) is 1. The predicted octanol–water partition coefficient (Wildman–Crippen LogP) is 3.48. The molecular weight excluding hydrogens is 285 g/mol. The van der Waals surface area contributed by atoms with Gasteiger partial charge in [0, 0.05) is 5.56 Å². The van der Waals surface area contributed by atoms with Crippen molar-refractivity contribution in [3.63, 3.8) is 0 Å². The first-order chi connectivity index (χ1) is 9.71. The van der Waals surface area contributed by atoms with Crippen molar-refractivity contribution in [2.75, 3.05) is 0 Å². The Morgan fingerprint density at radius 3 is 2.10 bits per heavy atom. The fourth-order valence-electron chi connectivity index (χ4n) is 2.07. The van der Waals surface area contributed by atoms with Gasteiger partial charge in [-0.3, -0.25) is 0 Å². The third-order valence-electron chi connectivity index (χ3n) is 2.96. The van der Waals surface area contributed by atoms with Gasteiger partial charge in [-0.25, -0.2) is 14.8 Å². The average Bonchev–Trinajstić information content (AvgIpc) is 2.36. The van der Waals surface area contributed by atoms with Crippen molar-refractivity contribution in [2.45, 2.75) is 20.0 Å². The summed E-state index contributed by atoms with van der Waals surface area (Å²) < 4.78 is 39.0. The summed E-state index contributed by atoms with van der Waals surface area (Å²) in [6, 6.07) is 4.92. The maximum Gasteiger partial charge on any atom is 0.417 e. The number of halogens is 3. The van der Waals surface area contributed by atoms with Crippen LogP contribution in [0.1, 0.15) is 27.3 Å². The van der Waals surface area contributed by atoms with Crippen molar-refractivity contribution in [2.24, 2.45) is 0 Å². The molecule has 2 rings (SSSR count). The van der Waals surface area contributed by atoms with Crippen LogP contribution in [-0.4, -0.2) is 21.0 Å². The Morgan fingerprint density at radius 2 is 1.62 bits per heavy atom. The molecule has 1 N–H and O–H groups in total. The summed E-state index contributed by atoms with van der Waals surface area (Å²) in [4.78, 5) is 18.9. The van der Waals surface area contributed by atoms with E-state index in [1.54, 1.807) is 0 Å². The molecule has 0 bridgehead atoms. The van der Waals surface area contributed by atoms with Crippen LogP contribution in [0.25, 0.3) is 11.4 Å². The van der Waals surface area contributed by atoms with Crippen LogP contribution in [0.5, 0.6) is 0 Å². The maximum atomic E-state index is 13.0. The largest absolute Gasteiger partial charge is 0.478 e. The molecule has 1 aromatic heterocycles. The molecule has 4 nitrogen and oxygen atoms in total. The van der Waals surface area contributed by atoms with Crippen molar-refractivity contribution in [1.82, 2.24) is 9.97 Å². The smallest absolute Gasteiger partial charge is 0.417 e. The summed E-state index contributed by atoms with van der Waals surface area (Å²) in [5, 5.41) is 9.03. The van der Waals surface area contributed by atoms with E-state index in [0.29, 0.717) is 0 Å². The lowest BCUT2D eigenvalue weighted by Crippen LogP contribution is -2.11. The molecule has 2 aromatic rings. The highest BCUT2D eigenvalue weighted by Gasteiger charge is 2.34. The van der Waals surface area contributed by atoms with E-state index in [4.69, 9.17) is 5.11 Å². The van der Waals surface area contributed by atoms with E-state index in [2.05, 4.69) is 9.97 Å². The molecule has 21 heavy (non-hydrogen) atoms. The average molecular weight is 296 g/mol. The van der Waals surface area contributed by atoms with Crippen LogP contribution in [0, 0.1) is 13.8 Å². The zero-order chi connectivity index (χ0) is 15.8. The Bertz CT molecular complexity index is 689. The Morgan fingerprint density at radius 1 is 1.10 bits per heavy atom. The second kappa shape index (κ2) is 5.16. The van der Waals surface area contributed by atoms with Gasteiger partial charge in [-0.2, -0.15) is 13.2 Å². The molecule has 0 amide bonds. The molecule has 0 spiro atoms. The quantitative estimate of drug-likeness (QED) is 0.921.